The van der Waals surface area contributed by atoms with Crippen LogP contribution in [0.1, 0.15) is 23.2 Å². The van der Waals surface area contributed by atoms with Crippen LogP contribution in [0.3, 0.4) is 0 Å². The minimum absolute atomic E-state index is 0.00391. The maximum Gasteiger partial charge on any atom is 0.252 e. The van der Waals surface area contributed by atoms with Crippen LogP contribution in [0.25, 0.3) is 0 Å². The van der Waals surface area contributed by atoms with Crippen LogP contribution in [0.4, 0.5) is 5.95 Å². The van der Waals surface area contributed by atoms with E-state index >= 15 is 0 Å². The third-order valence-corrected chi connectivity index (χ3v) is 4.74. The van der Waals surface area contributed by atoms with Crippen molar-refractivity contribution in [2.24, 2.45) is 0 Å². The first kappa shape index (κ1) is 15.8. The van der Waals surface area contributed by atoms with Gasteiger partial charge in [0.05, 0.1) is 5.56 Å². The molecular formula is C17H20N4OS. The number of nitrogens with one attached hydrogen (secondary N) is 1. The lowest BCUT2D eigenvalue weighted by atomic mass is 10.1. The van der Waals surface area contributed by atoms with Crippen LogP contribution in [0.15, 0.2) is 47.6 Å². The van der Waals surface area contributed by atoms with Crippen molar-refractivity contribution in [1.82, 2.24) is 15.3 Å². The lowest BCUT2D eigenvalue weighted by molar-refractivity contribution is 0.0930. The zero-order chi connectivity index (χ0) is 16.1. The normalized spacial score (nSPS) is 17.8. The SMILES string of the molecule is CSc1ccccc1C(=O)NC1CCCN(c2ncccn2)C1. The van der Waals surface area contributed by atoms with Crippen LogP contribution >= 0.6 is 11.8 Å². The van der Waals surface area contributed by atoms with Crippen molar-refractivity contribution >= 4 is 23.6 Å². The van der Waals surface area contributed by atoms with Crippen molar-refractivity contribution in [3.63, 3.8) is 0 Å². The van der Waals surface area contributed by atoms with E-state index in [4.69, 9.17) is 0 Å². The van der Waals surface area contributed by atoms with Crippen LogP contribution in [0.2, 0.25) is 0 Å². The topological polar surface area (TPSA) is 58.1 Å². The molecule has 1 fully saturated rings. The molecule has 6 heteroatoms. The minimum Gasteiger partial charge on any atom is -0.347 e. The monoisotopic (exact) mass is 328 g/mol. The molecule has 5 nitrogen and oxygen atoms in total. The second-order valence-electron chi connectivity index (χ2n) is 5.51. The van der Waals surface area contributed by atoms with Gasteiger partial charge in [-0.3, -0.25) is 4.79 Å². The molecule has 0 aliphatic carbocycles. The van der Waals surface area contributed by atoms with Crippen LogP contribution in [0.5, 0.6) is 0 Å². The third kappa shape index (κ3) is 3.82. The first-order valence-electron chi connectivity index (χ1n) is 7.74. The third-order valence-electron chi connectivity index (χ3n) is 3.94. The number of amides is 1. The highest BCUT2D eigenvalue weighted by molar-refractivity contribution is 7.98. The van der Waals surface area contributed by atoms with Gasteiger partial charge in [0.15, 0.2) is 0 Å². The van der Waals surface area contributed by atoms with E-state index < -0.39 is 0 Å². The molecule has 1 saturated heterocycles. The Morgan fingerprint density at radius 3 is 2.83 bits per heavy atom. The van der Waals surface area contributed by atoms with Gasteiger partial charge >= 0.3 is 0 Å². The van der Waals surface area contributed by atoms with Crippen molar-refractivity contribution in [2.45, 2.75) is 23.8 Å². The average molecular weight is 328 g/mol. The fraction of sp³-hybridized carbons (Fsp3) is 0.353. The fourth-order valence-electron chi connectivity index (χ4n) is 2.83. The molecule has 0 radical (unpaired) electrons. The van der Waals surface area contributed by atoms with Gasteiger partial charge in [0, 0.05) is 36.4 Å². The molecule has 2 heterocycles. The fourth-order valence-corrected chi connectivity index (χ4v) is 3.42. The molecule has 1 amide bonds. The number of carbonyl (C=O) groups excluding carboxylic acids is 1. The van der Waals surface area contributed by atoms with Crippen molar-refractivity contribution < 1.29 is 4.79 Å². The number of hydrogen-bond donors (Lipinski definition) is 1. The van der Waals surface area contributed by atoms with Crippen molar-refractivity contribution in [2.75, 3.05) is 24.2 Å². The molecule has 1 aliphatic heterocycles. The number of piperidine rings is 1. The molecule has 1 aliphatic rings. The van der Waals surface area contributed by atoms with Crippen LogP contribution in [-0.2, 0) is 0 Å². The summed E-state index contributed by atoms with van der Waals surface area (Å²) in [5, 5.41) is 3.16. The Hall–Kier alpha value is -2.08. The number of benzene rings is 1. The predicted octanol–water partition coefficient (Wildman–Crippen LogP) is 2.60. The molecule has 1 aromatic heterocycles. The number of nitrogens with zero attached hydrogens (tertiary/aromatic N) is 3. The molecule has 2 aromatic rings. The summed E-state index contributed by atoms with van der Waals surface area (Å²) in [6.07, 6.45) is 7.49. The quantitative estimate of drug-likeness (QED) is 0.874. The molecule has 23 heavy (non-hydrogen) atoms. The van der Waals surface area contributed by atoms with Gasteiger partial charge in [-0.1, -0.05) is 12.1 Å². The van der Waals surface area contributed by atoms with E-state index in [2.05, 4.69) is 20.2 Å². The van der Waals surface area contributed by atoms with Crippen LogP contribution in [-0.4, -0.2) is 41.3 Å². The minimum atomic E-state index is -0.00391. The Balaban J connectivity index is 1.67. The predicted molar refractivity (Wildman–Crippen MR) is 93.0 cm³/mol. The van der Waals surface area contributed by atoms with Crippen molar-refractivity contribution in [3.05, 3.63) is 48.3 Å². The highest BCUT2D eigenvalue weighted by Crippen LogP contribution is 2.21. The van der Waals surface area contributed by atoms with E-state index in [0.29, 0.717) is 0 Å². The smallest absolute Gasteiger partial charge is 0.252 e. The standard InChI is InChI=1S/C17H20N4OS/c1-23-15-8-3-2-7-14(15)16(22)20-13-6-4-11-21(12-13)17-18-9-5-10-19-17/h2-3,5,7-10,13H,4,6,11-12H2,1H3,(H,20,22). The summed E-state index contributed by atoms with van der Waals surface area (Å²) < 4.78 is 0. The summed E-state index contributed by atoms with van der Waals surface area (Å²) in [6, 6.07) is 9.64. The van der Waals surface area contributed by atoms with Gasteiger partial charge in [-0.25, -0.2) is 9.97 Å². The van der Waals surface area contributed by atoms with E-state index in [1.807, 2.05) is 36.6 Å². The number of thioether (sulfide) groups is 1. The first-order chi connectivity index (χ1) is 11.3. The zero-order valence-corrected chi connectivity index (χ0v) is 13.9. The molecule has 120 valence electrons. The molecule has 1 unspecified atom stereocenters. The first-order valence-corrected chi connectivity index (χ1v) is 8.96. The molecular weight excluding hydrogens is 308 g/mol. The Morgan fingerprint density at radius 1 is 1.26 bits per heavy atom. The van der Waals surface area contributed by atoms with Gasteiger partial charge < -0.3 is 10.2 Å². The lowest BCUT2D eigenvalue weighted by Gasteiger charge is -2.33. The zero-order valence-electron chi connectivity index (χ0n) is 13.1. The molecule has 0 saturated carbocycles. The Bertz CT molecular complexity index is 665. The van der Waals surface area contributed by atoms with E-state index in [1.165, 1.54) is 0 Å². The summed E-state index contributed by atoms with van der Waals surface area (Å²) in [7, 11) is 0. The lowest BCUT2D eigenvalue weighted by Crippen LogP contribution is -2.48. The number of rotatable bonds is 4. The van der Waals surface area contributed by atoms with Gasteiger partial charge in [-0.15, -0.1) is 11.8 Å². The Labute approximate surface area is 140 Å². The molecule has 0 spiro atoms. The highest BCUT2D eigenvalue weighted by atomic mass is 32.2. The summed E-state index contributed by atoms with van der Waals surface area (Å²) >= 11 is 1.59. The van der Waals surface area contributed by atoms with Gasteiger partial charge in [-0.2, -0.15) is 0 Å². The highest BCUT2D eigenvalue weighted by Gasteiger charge is 2.23. The molecule has 0 bridgehead atoms. The van der Waals surface area contributed by atoms with Gasteiger partial charge in [-0.05, 0) is 37.3 Å². The Kier molecular flexibility index (Phi) is 5.12. The number of aromatic nitrogens is 2. The Morgan fingerprint density at radius 2 is 2.04 bits per heavy atom. The summed E-state index contributed by atoms with van der Waals surface area (Å²) in [5.74, 6) is 0.728. The number of anilines is 1. The maximum atomic E-state index is 12.6. The number of hydrogen-bond acceptors (Lipinski definition) is 5. The van der Waals surface area contributed by atoms with E-state index in [-0.39, 0.29) is 11.9 Å². The summed E-state index contributed by atoms with van der Waals surface area (Å²) in [5.41, 5.74) is 0.744. The summed E-state index contributed by atoms with van der Waals surface area (Å²) in [4.78, 5) is 24.3. The van der Waals surface area contributed by atoms with E-state index in [9.17, 15) is 4.79 Å². The van der Waals surface area contributed by atoms with Crippen molar-refractivity contribution in [1.29, 1.82) is 0 Å². The van der Waals surface area contributed by atoms with Crippen LogP contribution < -0.4 is 10.2 Å². The van der Waals surface area contributed by atoms with Crippen molar-refractivity contribution in [3.8, 4) is 0 Å². The van der Waals surface area contributed by atoms with E-state index in [0.717, 1.165) is 42.3 Å². The average Bonchev–Trinajstić information content (AvgIpc) is 2.62. The second kappa shape index (κ2) is 7.46. The molecule has 1 aromatic carbocycles. The van der Waals surface area contributed by atoms with Gasteiger partial charge in [0.1, 0.15) is 0 Å². The molecule has 1 atom stereocenters. The van der Waals surface area contributed by atoms with E-state index in [1.54, 1.807) is 24.2 Å². The van der Waals surface area contributed by atoms with Crippen LogP contribution in [0, 0.1) is 0 Å². The largest absolute Gasteiger partial charge is 0.347 e. The summed E-state index contributed by atoms with van der Waals surface area (Å²) in [6.45, 7) is 1.68. The van der Waals surface area contributed by atoms with Gasteiger partial charge in [0.2, 0.25) is 5.95 Å². The maximum absolute atomic E-state index is 12.6. The molecule has 1 N–H and O–H groups in total. The second-order valence-corrected chi connectivity index (χ2v) is 6.36. The van der Waals surface area contributed by atoms with Gasteiger partial charge in [0.25, 0.3) is 5.91 Å². The number of carbonyl (C=O) groups is 1. The molecule has 3 rings (SSSR count).